The topological polar surface area (TPSA) is 38.5 Å². The molecule has 1 aromatic rings. The molecule has 1 aliphatic rings. The molecule has 1 heterocycles. The van der Waals surface area contributed by atoms with Crippen molar-refractivity contribution in [3.8, 4) is 0 Å². The van der Waals surface area contributed by atoms with Gasteiger partial charge in [0, 0.05) is 24.3 Å². The second-order valence-electron chi connectivity index (χ2n) is 3.90. The second-order valence-corrected chi connectivity index (χ2v) is 3.90. The van der Waals surface area contributed by atoms with Crippen LogP contribution in [0.5, 0.6) is 0 Å². The first kappa shape index (κ1) is 9.49. The molecule has 1 aliphatic heterocycles. The molecule has 2 rings (SSSR count). The van der Waals surface area contributed by atoms with E-state index in [0.29, 0.717) is 12.6 Å². The molecule has 1 atom stereocenters. The van der Waals surface area contributed by atoms with Gasteiger partial charge in [-0.25, -0.2) is 5.90 Å². The third-order valence-electron chi connectivity index (χ3n) is 2.97. The van der Waals surface area contributed by atoms with Crippen molar-refractivity contribution in [3.63, 3.8) is 0 Å². The van der Waals surface area contributed by atoms with Crippen molar-refractivity contribution in [1.82, 2.24) is 0 Å². The minimum atomic E-state index is 0.486. The first-order chi connectivity index (χ1) is 6.74. The zero-order valence-corrected chi connectivity index (χ0v) is 8.66. The summed E-state index contributed by atoms with van der Waals surface area (Å²) in [5.41, 5.74) is 3.87. The summed E-state index contributed by atoms with van der Waals surface area (Å²) in [4.78, 5) is 7.01. The Bertz CT molecular complexity index is 338. The van der Waals surface area contributed by atoms with E-state index in [0.717, 1.165) is 6.42 Å². The van der Waals surface area contributed by atoms with Crippen LogP contribution in [0.25, 0.3) is 0 Å². The zero-order valence-electron chi connectivity index (χ0n) is 8.66. The number of nitrogens with zero attached hydrogens (tertiary/aromatic N) is 1. The fraction of sp³-hybridized carbons (Fsp3) is 0.455. The van der Waals surface area contributed by atoms with Crippen molar-refractivity contribution in [2.75, 3.05) is 11.9 Å². The lowest BCUT2D eigenvalue weighted by Gasteiger charge is -2.20. The lowest BCUT2D eigenvalue weighted by molar-refractivity contribution is 0.124. The number of para-hydroxylation sites is 1. The fourth-order valence-electron chi connectivity index (χ4n) is 2.14. The molecule has 0 radical (unpaired) electrons. The quantitative estimate of drug-likeness (QED) is 0.721. The van der Waals surface area contributed by atoms with E-state index in [2.05, 4.69) is 37.1 Å². The molecule has 3 heteroatoms. The SMILES string of the molecule is CC1Cc2cccc(CON)c2N1C. The van der Waals surface area contributed by atoms with Gasteiger partial charge in [0.15, 0.2) is 0 Å². The lowest BCUT2D eigenvalue weighted by atomic mass is 10.1. The van der Waals surface area contributed by atoms with Gasteiger partial charge in [0.1, 0.15) is 0 Å². The van der Waals surface area contributed by atoms with Crippen LogP contribution in [0.15, 0.2) is 18.2 Å². The summed E-state index contributed by atoms with van der Waals surface area (Å²) in [5, 5.41) is 0. The highest BCUT2D eigenvalue weighted by atomic mass is 16.6. The largest absolute Gasteiger partial charge is 0.371 e. The van der Waals surface area contributed by atoms with Crippen molar-refractivity contribution in [1.29, 1.82) is 0 Å². The van der Waals surface area contributed by atoms with Gasteiger partial charge >= 0.3 is 0 Å². The molecule has 2 N–H and O–H groups in total. The average Bonchev–Trinajstić information content (AvgIpc) is 2.45. The van der Waals surface area contributed by atoms with Gasteiger partial charge in [-0.1, -0.05) is 18.2 Å². The van der Waals surface area contributed by atoms with Gasteiger partial charge in [-0.05, 0) is 18.9 Å². The van der Waals surface area contributed by atoms with E-state index in [4.69, 9.17) is 10.7 Å². The van der Waals surface area contributed by atoms with Gasteiger partial charge in [-0.15, -0.1) is 0 Å². The molecule has 0 aromatic heterocycles. The Morgan fingerprint density at radius 3 is 3.07 bits per heavy atom. The normalized spacial score (nSPS) is 19.9. The molecule has 0 bridgehead atoms. The third-order valence-corrected chi connectivity index (χ3v) is 2.97. The molecule has 3 nitrogen and oxygen atoms in total. The maximum absolute atomic E-state index is 5.12. The highest BCUT2D eigenvalue weighted by molar-refractivity contribution is 5.63. The first-order valence-corrected chi connectivity index (χ1v) is 4.89. The third kappa shape index (κ3) is 1.38. The standard InChI is InChI=1S/C11H16N2O/c1-8-6-9-4-3-5-10(7-14-12)11(9)13(8)2/h3-5,8H,6-7,12H2,1-2H3. The van der Waals surface area contributed by atoms with Gasteiger partial charge in [-0.3, -0.25) is 4.84 Å². The fourth-order valence-corrected chi connectivity index (χ4v) is 2.14. The maximum Gasteiger partial charge on any atom is 0.0950 e. The van der Waals surface area contributed by atoms with E-state index in [1.54, 1.807) is 0 Å². The van der Waals surface area contributed by atoms with Crippen LogP contribution in [0.4, 0.5) is 5.69 Å². The van der Waals surface area contributed by atoms with E-state index in [1.165, 1.54) is 16.8 Å². The summed E-state index contributed by atoms with van der Waals surface area (Å²) in [5.74, 6) is 5.12. The van der Waals surface area contributed by atoms with Crippen molar-refractivity contribution in [3.05, 3.63) is 29.3 Å². The van der Waals surface area contributed by atoms with Crippen molar-refractivity contribution >= 4 is 5.69 Å². The Kier molecular flexibility index (Phi) is 2.44. The molecule has 0 saturated heterocycles. The Balaban J connectivity index is 2.42. The summed E-state index contributed by atoms with van der Waals surface area (Å²) in [6.07, 6.45) is 1.12. The second kappa shape index (κ2) is 3.59. The summed E-state index contributed by atoms with van der Waals surface area (Å²) >= 11 is 0. The molecular weight excluding hydrogens is 176 g/mol. The molecule has 0 fully saturated rings. The lowest BCUT2D eigenvalue weighted by Crippen LogP contribution is -2.24. The summed E-state index contributed by atoms with van der Waals surface area (Å²) in [7, 11) is 2.12. The highest BCUT2D eigenvalue weighted by Gasteiger charge is 2.24. The van der Waals surface area contributed by atoms with Crippen LogP contribution < -0.4 is 10.8 Å². The van der Waals surface area contributed by atoms with Crippen LogP contribution in [0, 0.1) is 0 Å². The Morgan fingerprint density at radius 1 is 1.57 bits per heavy atom. The minimum absolute atomic E-state index is 0.486. The summed E-state index contributed by atoms with van der Waals surface area (Å²) in [6, 6.07) is 6.89. The van der Waals surface area contributed by atoms with Gasteiger partial charge in [-0.2, -0.15) is 0 Å². The van der Waals surface area contributed by atoms with E-state index < -0.39 is 0 Å². The van der Waals surface area contributed by atoms with Gasteiger partial charge in [0.05, 0.1) is 6.61 Å². The average molecular weight is 192 g/mol. The minimum Gasteiger partial charge on any atom is -0.371 e. The van der Waals surface area contributed by atoms with Crippen molar-refractivity contribution in [2.24, 2.45) is 5.90 Å². The van der Waals surface area contributed by atoms with Crippen LogP contribution >= 0.6 is 0 Å². The Morgan fingerprint density at radius 2 is 2.36 bits per heavy atom. The molecule has 1 aromatic carbocycles. The van der Waals surface area contributed by atoms with E-state index in [-0.39, 0.29) is 0 Å². The van der Waals surface area contributed by atoms with E-state index >= 15 is 0 Å². The summed E-state index contributed by atoms with van der Waals surface area (Å²) < 4.78 is 0. The number of anilines is 1. The van der Waals surface area contributed by atoms with Crippen LogP contribution in [0.1, 0.15) is 18.1 Å². The number of hydrogen-bond donors (Lipinski definition) is 1. The van der Waals surface area contributed by atoms with Crippen LogP contribution in [-0.2, 0) is 17.9 Å². The molecule has 14 heavy (non-hydrogen) atoms. The molecular formula is C11H16N2O. The predicted molar refractivity (Wildman–Crippen MR) is 57.0 cm³/mol. The molecule has 0 aliphatic carbocycles. The van der Waals surface area contributed by atoms with Crippen LogP contribution in [0.3, 0.4) is 0 Å². The monoisotopic (exact) mass is 192 g/mol. The number of fused-ring (bicyclic) bond motifs is 1. The number of hydrogen-bond acceptors (Lipinski definition) is 3. The van der Waals surface area contributed by atoms with Crippen molar-refractivity contribution in [2.45, 2.75) is 26.0 Å². The van der Waals surface area contributed by atoms with E-state index in [9.17, 15) is 0 Å². The van der Waals surface area contributed by atoms with Crippen LogP contribution in [-0.4, -0.2) is 13.1 Å². The molecule has 0 spiro atoms. The summed E-state index contributed by atoms with van der Waals surface area (Å²) in [6.45, 7) is 2.72. The van der Waals surface area contributed by atoms with Gasteiger partial charge < -0.3 is 4.90 Å². The Hall–Kier alpha value is -1.06. The van der Waals surface area contributed by atoms with Gasteiger partial charge in [0.25, 0.3) is 0 Å². The Labute approximate surface area is 84.4 Å². The molecule has 0 saturated carbocycles. The highest BCUT2D eigenvalue weighted by Crippen LogP contribution is 2.34. The number of nitrogens with two attached hydrogens (primary N) is 1. The van der Waals surface area contributed by atoms with E-state index in [1.807, 2.05) is 0 Å². The zero-order chi connectivity index (χ0) is 10.1. The number of rotatable bonds is 2. The predicted octanol–water partition coefficient (Wildman–Crippen LogP) is 1.46. The maximum atomic E-state index is 5.12. The van der Waals surface area contributed by atoms with Crippen LogP contribution in [0.2, 0.25) is 0 Å². The molecule has 76 valence electrons. The first-order valence-electron chi connectivity index (χ1n) is 4.89. The number of benzene rings is 1. The van der Waals surface area contributed by atoms with Gasteiger partial charge in [0.2, 0.25) is 0 Å². The molecule has 0 amide bonds. The van der Waals surface area contributed by atoms with Crippen molar-refractivity contribution < 1.29 is 4.84 Å². The smallest absolute Gasteiger partial charge is 0.0950 e. The molecule has 1 unspecified atom stereocenters. The number of likely N-dealkylation sites (N-methyl/N-ethyl adjacent to an activating group) is 1.